The molecular weight excluding hydrogens is 266 g/mol. The second kappa shape index (κ2) is 6.12. The van der Waals surface area contributed by atoms with Crippen molar-refractivity contribution in [2.45, 2.75) is 18.9 Å². The van der Waals surface area contributed by atoms with E-state index in [0.717, 1.165) is 24.4 Å². The van der Waals surface area contributed by atoms with Crippen molar-refractivity contribution in [2.24, 2.45) is 0 Å². The number of nitrogens with two attached hydrogens (primary N) is 1. The molecule has 1 aliphatic rings. The Morgan fingerprint density at radius 2 is 2.42 bits per heavy atom. The summed E-state index contributed by atoms with van der Waals surface area (Å²) in [6.45, 7) is 1.52. The highest BCUT2D eigenvalue weighted by Gasteiger charge is 2.22. The number of thiophene rings is 1. The van der Waals surface area contributed by atoms with E-state index in [1.165, 1.54) is 11.3 Å². The first kappa shape index (κ1) is 14.0. The number of methoxy groups -OCH3 is 1. The monoisotopic (exact) mass is 285 g/mol. The van der Waals surface area contributed by atoms with Gasteiger partial charge in [-0.15, -0.1) is 11.3 Å². The lowest BCUT2D eigenvalue weighted by Crippen LogP contribution is -2.18. The van der Waals surface area contributed by atoms with Crippen molar-refractivity contribution in [3.63, 3.8) is 0 Å². The molecule has 1 atom stereocenters. The molecule has 1 fully saturated rings. The molecule has 1 unspecified atom stereocenters. The van der Waals surface area contributed by atoms with Crippen LogP contribution >= 0.6 is 11.3 Å². The molecule has 0 saturated carbocycles. The van der Waals surface area contributed by atoms with Gasteiger partial charge in [0.2, 0.25) is 0 Å². The first-order chi connectivity index (χ1) is 9.17. The zero-order chi connectivity index (χ0) is 13.8. The van der Waals surface area contributed by atoms with Gasteiger partial charge in [0, 0.05) is 20.2 Å². The summed E-state index contributed by atoms with van der Waals surface area (Å²) in [6, 6.07) is 0. The molecular formula is C12H19N3O3S. The van der Waals surface area contributed by atoms with Crippen LogP contribution in [0.25, 0.3) is 0 Å². The van der Waals surface area contributed by atoms with Crippen LogP contribution in [-0.4, -0.2) is 39.3 Å². The first-order valence-corrected chi connectivity index (χ1v) is 7.02. The van der Waals surface area contributed by atoms with Gasteiger partial charge in [-0.05, 0) is 12.8 Å². The van der Waals surface area contributed by atoms with Crippen LogP contribution in [0.15, 0.2) is 0 Å². The topological polar surface area (TPSA) is 85.6 Å². The normalized spacial score (nSPS) is 18.3. The molecule has 1 amide bonds. The summed E-state index contributed by atoms with van der Waals surface area (Å²) in [7, 11) is 3.12. The second-order valence-electron chi connectivity index (χ2n) is 4.30. The highest BCUT2D eigenvalue weighted by atomic mass is 32.1. The highest BCUT2D eigenvalue weighted by Crippen LogP contribution is 2.42. The minimum absolute atomic E-state index is 0.203. The van der Waals surface area contributed by atoms with E-state index in [2.05, 4.69) is 10.6 Å². The van der Waals surface area contributed by atoms with Gasteiger partial charge in [0.25, 0.3) is 5.91 Å². The lowest BCUT2D eigenvalue weighted by Gasteiger charge is -2.11. The van der Waals surface area contributed by atoms with Crippen LogP contribution in [0.1, 0.15) is 22.5 Å². The Hall–Kier alpha value is -1.47. The third-order valence-electron chi connectivity index (χ3n) is 3.05. The summed E-state index contributed by atoms with van der Waals surface area (Å²) in [5, 5.41) is 6.59. The maximum Gasteiger partial charge on any atom is 0.263 e. The molecule has 0 bridgehead atoms. The number of carbonyl (C=O) groups is 1. The number of anilines is 2. The lowest BCUT2D eigenvalue weighted by atomic mass is 10.2. The number of carbonyl (C=O) groups excluding carboxylic acids is 1. The van der Waals surface area contributed by atoms with Crippen molar-refractivity contribution in [3.8, 4) is 5.75 Å². The smallest absolute Gasteiger partial charge is 0.263 e. The Labute approximate surface area is 116 Å². The summed E-state index contributed by atoms with van der Waals surface area (Å²) in [5.41, 5.74) is 6.30. The molecule has 1 saturated heterocycles. The van der Waals surface area contributed by atoms with E-state index < -0.39 is 0 Å². The lowest BCUT2D eigenvalue weighted by molar-refractivity contribution is 0.0967. The van der Waals surface area contributed by atoms with Crippen molar-refractivity contribution in [3.05, 3.63) is 4.88 Å². The predicted molar refractivity (Wildman–Crippen MR) is 76.1 cm³/mol. The molecule has 4 N–H and O–H groups in total. The Kier molecular flexibility index (Phi) is 4.49. The number of nitrogen functional groups attached to an aromatic ring is 1. The van der Waals surface area contributed by atoms with Crippen molar-refractivity contribution >= 4 is 27.9 Å². The first-order valence-electron chi connectivity index (χ1n) is 6.21. The molecule has 2 rings (SSSR count). The quantitative estimate of drug-likeness (QED) is 0.759. The van der Waals surface area contributed by atoms with Gasteiger partial charge in [0.15, 0.2) is 5.75 Å². The number of rotatable bonds is 5. The molecule has 1 aromatic heterocycles. The SMILES string of the molecule is CNC(=O)c1sc(NCC2CCCO2)c(OC)c1N. The van der Waals surface area contributed by atoms with E-state index in [-0.39, 0.29) is 12.0 Å². The second-order valence-corrected chi connectivity index (χ2v) is 5.32. The highest BCUT2D eigenvalue weighted by molar-refractivity contribution is 7.19. The summed E-state index contributed by atoms with van der Waals surface area (Å²) in [4.78, 5) is 12.2. The Morgan fingerprint density at radius 3 is 3.00 bits per heavy atom. The molecule has 2 heterocycles. The van der Waals surface area contributed by atoms with Crippen molar-refractivity contribution in [1.82, 2.24) is 5.32 Å². The summed E-state index contributed by atoms with van der Waals surface area (Å²) >= 11 is 1.30. The van der Waals surface area contributed by atoms with Crippen LogP contribution in [0, 0.1) is 0 Å². The van der Waals surface area contributed by atoms with Crippen molar-refractivity contribution < 1.29 is 14.3 Å². The third-order valence-corrected chi connectivity index (χ3v) is 4.19. The van der Waals surface area contributed by atoms with Gasteiger partial charge in [-0.1, -0.05) is 0 Å². The van der Waals surface area contributed by atoms with Gasteiger partial charge in [-0.25, -0.2) is 0 Å². The Balaban J connectivity index is 2.12. The molecule has 6 nitrogen and oxygen atoms in total. The maximum absolute atomic E-state index is 11.7. The zero-order valence-electron chi connectivity index (χ0n) is 11.1. The van der Waals surface area contributed by atoms with Gasteiger partial charge < -0.3 is 25.8 Å². The summed E-state index contributed by atoms with van der Waals surface area (Å²) in [5.74, 6) is 0.326. The van der Waals surface area contributed by atoms with E-state index in [1.807, 2.05) is 0 Å². The largest absolute Gasteiger partial charge is 0.492 e. The Morgan fingerprint density at radius 1 is 1.63 bits per heavy atom. The van der Waals surface area contributed by atoms with Crippen LogP contribution in [0.4, 0.5) is 10.7 Å². The minimum atomic E-state index is -0.203. The van der Waals surface area contributed by atoms with Gasteiger partial charge >= 0.3 is 0 Å². The number of hydrogen-bond donors (Lipinski definition) is 3. The summed E-state index contributed by atoms with van der Waals surface area (Å²) < 4.78 is 10.8. The van der Waals surface area contributed by atoms with Gasteiger partial charge in [-0.3, -0.25) is 4.79 Å². The van der Waals surface area contributed by atoms with Crippen LogP contribution in [-0.2, 0) is 4.74 Å². The molecule has 1 aromatic rings. The number of amides is 1. The molecule has 0 spiro atoms. The fourth-order valence-electron chi connectivity index (χ4n) is 2.04. The average Bonchev–Trinajstić information content (AvgIpc) is 3.03. The average molecular weight is 285 g/mol. The molecule has 0 aliphatic carbocycles. The van der Waals surface area contributed by atoms with Gasteiger partial charge in [-0.2, -0.15) is 0 Å². The summed E-state index contributed by atoms with van der Waals surface area (Å²) in [6.07, 6.45) is 2.37. The molecule has 0 aromatic carbocycles. The van der Waals surface area contributed by atoms with E-state index in [4.69, 9.17) is 15.2 Å². The molecule has 19 heavy (non-hydrogen) atoms. The molecule has 0 radical (unpaired) electrons. The van der Waals surface area contributed by atoms with Crippen molar-refractivity contribution in [1.29, 1.82) is 0 Å². The fourth-order valence-corrected chi connectivity index (χ4v) is 3.08. The van der Waals surface area contributed by atoms with Crippen LogP contribution in [0.5, 0.6) is 5.75 Å². The molecule has 106 valence electrons. The van der Waals surface area contributed by atoms with E-state index >= 15 is 0 Å². The van der Waals surface area contributed by atoms with Crippen molar-refractivity contribution in [2.75, 3.05) is 38.4 Å². The number of ether oxygens (including phenoxy) is 2. The van der Waals surface area contributed by atoms with E-state index in [0.29, 0.717) is 22.9 Å². The number of hydrogen-bond acceptors (Lipinski definition) is 6. The van der Waals surface area contributed by atoms with Crippen LogP contribution in [0.2, 0.25) is 0 Å². The maximum atomic E-state index is 11.7. The molecule has 1 aliphatic heterocycles. The standard InChI is InChI=1S/C12H19N3O3S/c1-14-11(16)10-8(13)9(17-2)12(19-10)15-6-7-4-3-5-18-7/h7,15H,3-6,13H2,1-2H3,(H,14,16). The van der Waals surface area contributed by atoms with E-state index in [9.17, 15) is 4.79 Å². The number of nitrogens with one attached hydrogen (secondary N) is 2. The zero-order valence-corrected chi connectivity index (χ0v) is 11.9. The van der Waals surface area contributed by atoms with Crippen LogP contribution < -0.4 is 21.1 Å². The Bertz CT molecular complexity index is 455. The van der Waals surface area contributed by atoms with Crippen LogP contribution in [0.3, 0.4) is 0 Å². The van der Waals surface area contributed by atoms with Gasteiger partial charge in [0.1, 0.15) is 15.6 Å². The molecule has 7 heteroatoms. The minimum Gasteiger partial charge on any atom is -0.492 e. The van der Waals surface area contributed by atoms with E-state index in [1.54, 1.807) is 14.2 Å². The predicted octanol–water partition coefficient (Wildman–Crippen LogP) is 1.29. The third kappa shape index (κ3) is 2.93. The van der Waals surface area contributed by atoms with Gasteiger partial charge in [0.05, 0.1) is 13.2 Å². The fraction of sp³-hybridized carbons (Fsp3) is 0.583.